The van der Waals surface area contributed by atoms with E-state index in [4.69, 9.17) is 4.74 Å². The minimum absolute atomic E-state index is 0.173. The van der Waals surface area contributed by atoms with E-state index in [-0.39, 0.29) is 23.7 Å². The van der Waals surface area contributed by atoms with Crippen molar-refractivity contribution in [2.24, 2.45) is 14.1 Å². The maximum atomic E-state index is 11.9. The lowest BCUT2D eigenvalue weighted by molar-refractivity contribution is -0.122. The standard InChI is InChI=1S/C13H22N4O4/c1-9(11(18)14-5-6-21-4)15-7-10-8-16(2)13(20)17(3)12(10)19/h8-9,15H,5-7H2,1-4H3,(H,14,18). The molecule has 0 fully saturated rings. The van der Waals surface area contributed by atoms with Gasteiger partial charge in [-0.15, -0.1) is 0 Å². The summed E-state index contributed by atoms with van der Waals surface area (Å²) >= 11 is 0. The van der Waals surface area contributed by atoms with E-state index < -0.39 is 6.04 Å². The molecule has 1 unspecified atom stereocenters. The first-order valence-electron chi connectivity index (χ1n) is 6.64. The summed E-state index contributed by atoms with van der Waals surface area (Å²) in [5, 5.41) is 5.66. The Kier molecular flexibility index (Phi) is 6.32. The van der Waals surface area contributed by atoms with Crippen LogP contribution in [0.3, 0.4) is 0 Å². The van der Waals surface area contributed by atoms with Crippen LogP contribution in [-0.4, -0.2) is 41.3 Å². The Balaban J connectivity index is 2.65. The van der Waals surface area contributed by atoms with E-state index in [1.165, 1.54) is 17.8 Å². The Hall–Kier alpha value is -1.93. The summed E-state index contributed by atoms with van der Waals surface area (Å²) in [5.41, 5.74) is -0.317. The van der Waals surface area contributed by atoms with Gasteiger partial charge in [-0.05, 0) is 6.92 Å². The smallest absolute Gasteiger partial charge is 0.330 e. The molecule has 2 N–H and O–H groups in total. The highest BCUT2D eigenvalue weighted by Gasteiger charge is 2.13. The number of nitrogens with one attached hydrogen (secondary N) is 2. The van der Waals surface area contributed by atoms with Crippen LogP contribution in [0, 0.1) is 0 Å². The van der Waals surface area contributed by atoms with E-state index in [1.807, 2.05) is 0 Å². The maximum Gasteiger partial charge on any atom is 0.330 e. The van der Waals surface area contributed by atoms with Gasteiger partial charge in [0.2, 0.25) is 5.91 Å². The predicted molar refractivity (Wildman–Crippen MR) is 78.1 cm³/mol. The van der Waals surface area contributed by atoms with Gasteiger partial charge in [-0.1, -0.05) is 0 Å². The molecule has 8 nitrogen and oxygen atoms in total. The Morgan fingerprint density at radius 1 is 1.38 bits per heavy atom. The van der Waals surface area contributed by atoms with Gasteiger partial charge in [-0.25, -0.2) is 4.79 Å². The molecule has 1 rings (SSSR count). The highest BCUT2D eigenvalue weighted by Crippen LogP contribution is 1.90. The van der Waals surface area contributed by atoms with Crippen LogP contribution in [-0.2, 0) is 30.2 Å². The van der Waals surface area contributed by atoms with Crippen LogP contribution in [0.15, 0.2) is 15.8 Å². The largest absolute Gasteiger partial charge is 0.383 e. The van der Waals surface area contributed by atoms with Crippen LogP contribution in [0.4, 0.5) is 0 Å². The lowest BCUT2D eigenvalue weighted by atomic mass is 10.2. The number of hydrogen-bond acceptors (Lipinski definition) is 5. The second kappa shape index (κ2) is 7.75. The number of carbonyl (C=O) groups excluding carboxylic acids is 1. The highest BCUT2D eigenvalue weighted by molar-refractivity contribution is 5.81. The number of aromatic nitrogens is 2. The molecule has 1 aromatic rings. The first-order chi connectivity index (χ1) is 9.88. The first-order valence-corrected chi connectivity index (χ1v) is 6.64. The van der Waals surface area contributed by atoms with E-state index in [2.05, 4.69) is 10.6 Å². The molecular formula is C13H22N4O4. The van der Waals surface area contributed by atoms with E-state index in [9.17, 15) is 14.4 Å². The molecular weight excluding hydrogens is 276 g/mol. The predicted octanol–water partition coefficient (Wildman–Crippen LogP) is -1.68. The van der Waals surface area contributed by atoms with Crippen molar-refractivity contribution in [1.29, 1.82) is 0 Å². The van der Waals surface area contributed by atoms with E-state index >= 15 is 0 Å². The fraction of sp³-hybridized carbons (Fsp3) is 0.615. The quantitative estimate of drug-likeness (QED) is 0.587. The molecule has 0 aromatic carbocycles. The SMILES string of the molecule is COCCNC(=O)C(C)NCc1cn(C)c(=O)n(C)c1=O. The Bertz CT molecular complexity index is 605. The third-order valence-electron chi connectivity index (χ3n) is 3.11. The molecule has 118 valence electrons. The fourth-order valence-electron chi connectivity index (χ4n) is 1.79. The minimum atomic E-state index is -0.455. The van der Waals surface area contributed by atoms with Gasteiger partial charge in [0.15, 0.2) is 0 Å². The fourth-order valence-corrected chi connectivity index (χ4v) is 1.79. The molecule has 0 aliphatic rings. The van der Waals surface area contributed by atoms with Gasteiger partial charge < -0.3 is 19.9 Å². The van der Waals surface area contributed by atoms with Gasteiger partial charge in [0.25, 0.3) is 5.56 Å². The molecule has 1 aromatic heterocycles. The van der Waals surface area contributed by atoms with Gasteiger partial charge in [-0.3, -0.25) is 14.2 Å². The van der Waals surface area contributed by atoms with Crippen molar-refractivity contribution in [3.63, 3.8) is 0 Å². The third kappa shape index (κ3) is 4.54. The van der Waals surface area contributed by atoms with Crippen molar-refractivity contribution in [2.45, 2.75) is 19.5 Å². The second-order valence-corrected chi connectivity index (χ2v) is 4.80. The molecule has 0 aliphatic heterocycles. The number of rotatable bonds is 7. The third-order valence-corrected chi connectivity index (χ3v) is 3.11. The van der Waals surface area contributed by atoms with Crippen LogP contribution in [0.1, 0.15) is 12.5 Å². The van der Waals surface area contributed by atoms with Crippen LogP contribution in [0.25, 0.3) is 0 Å². The normalized spacial score (nSPS) is 12.2. The molecule has 8 heteroatoms. The topological polar surface area (TPSA) is 94.4 Å². The number of nitrogens with zero attached hydrogens (tertiary/aromatic N) is 2. The molecule has 0 saturated heterocycles. The van der Waals surface area contributed by atoms with Crippen LogP contribution in [0.5, 0.6) is 0 Å². The van der Waals surface area contributed by atoms with Crippen molar-refractivity contribution in [1.82, 2.24) is 19.8 Å². The van der Waals surface area contributed by atoms with Crippen molar-refractivity contribution in [3.8, 4) is 0 Å². The zero-order chi connectivity index (χ0) is 16.0. The number of hydrogen-bond donors (Lipinski definition) is 2. The Morgan fingerprint density at radius 3 is 2.67 bits per heavy atom. The lowest BCUT2D eigenvalue weighted by Gasteiger charge is -2.14. The van der Waals surface area contributed by atoms with Crippen LogP contribution < -0.4 is 21.9 Å². The summed E-state index contributed by atoms with van der Waals surface area (Å²) in [6, 6.07) is -0.455. The number of amides is 1. The monoisotopic (exact) mass is 298 g/mol. The van der Waals surface area contributed by atoms with E-state index in [0.717, 1.165) is 4.57 Å². The molecule has 0 bridgehead atoms. The lowest BCUT2D eigenvalue weighted by Crippen LogP contribution is -2.45. The molecule has 0 saturated carbocycles. The Labute approximate surface area is 122 Å². The summed E-state index contributed by atoms with van der Waals surface area (Å²) in [6.45, 7) is 2.79. The van der Waals surface area contributed by atoms with Gasteiger partial charge in [0.05, 0.1) is 12.6 Å². The van der Waals surface area contributed by atoms with Gasteiger partial charge in [0, 0.05) is 46.1 Å². The zero-order valence-corrected chi connectivity index (χ0v) is 12.8. The van der Waals surface area contributed by atoms with E-state index in [1.54, 1.807) is 21.1 Å². The van der Waals surface area contributed by atoms with Crippen molar-refractivity contribution < 1.29 is 9.53 Å². The van der Waals surface area contributed by atoms with Gasteiger partial charge >= 0.3 is 5.69 Å². The molecule has 1 heterocycles. The number of methoxy groups -OCH3 is 1. The number of ether oxygens (including phenoxy) is 1. The van der Waals surface area contributed by atoms with Crippen molar-refractivity contribution in [2.75, 3.05) is 20.3 Å². The average molecular weight is 298 g/mol. The molecule has 0 aliphatic carbocycles. The molecule has 1 atom stereocenters. The van der Waals surface area contributed by atoms with Crippen molar-refractivity contribution in [3.05, 3.63) is 32.6 Å². The molecule has 0 spiro atoms. The summed E-state index contributed by atoms with van der Waals surface area (Å²) < 4.78 is 7.22. The summed E-state index contributed by atoms with van der Waals surface area (Å²) in [7, 11) is 4.56. The highest BCUT2D eigenvalue weighted by atomic mass is 16.5. The molecule has 0 radical (unpaired) electrons. The summed E-state index contributed by atoms with van der Waals surface area (Å²) in [4.78, 5) is 35.2. The van der Waals surface area contributed by atoms with Gasteiger partial charge in [0.1, 0.15) is 0 Å². The maximum absolute atomic E-state index is 11.9. The number of carbonyl (C=O) groups is 1. The van der Waals surface area contributed by atoms with Crippen molar-refractivity contribution >= 4 is 5.91 Å². The van der Waals surface area contributed by atoms with Crippen LogP contribution in [0.2, 0.25) is 0 Å². The minimum Gasteiger partial charge on any atom is -0.383 e. The first kappa shape index (κ1) is 17.1. The van der Waals surface area contributed by atoms with Crippen LogP contribution >= 0.6 is 0 Å². The summed E-state index contributed by atoms with van der Waals surface area (Å²) in [5.74, 6) is -0.173. The molecule has 21 heavy (non-hydrogen) atoms. The second-order valence-electron chi connectivity index (χ2n) is 4.80. The molecule has 1 amide bonds. The van der Waals surface area contributed by atoms with Gasteiger partial charge in [-0.2, -0.15) is 0 Å². The average Bonchev–Trinajstić information content (AvgIpc) is 2.47. The number of aryl methyl sites for hydroxylation is 1. The zero-order valence-electron chi connectivity index (χ0n) is 12.8. The Morgan fingerprint density at radius 2 is 2.05 bits per heavy atom. The van der Waals surface area contributed by atoms with E-state index in [0.29, 0.717) is 18.7 Å². The summed E-state index contributed by atoms with van der Waals surface area (Å²) in [6.07, 6.45) is 1.48.